The summed E-state index contributed by atoms with van der Waals surface area (Å²) in [7, 11) is 0. The molecule has 0 radical (unpaired) electrons. The van der Waals surface area contributed by atoms with Gasteiger partial charge in [0.1, 0.15) is 5.84 Å². The lowest BCUT2D eigenvalue weighted by molar-refractivity contribution is -0.115. The Hall–Kier alpha value is -1.64. The zero-order valence-electron chi connectivity index (χ0n) is 12.3. The molecule has 1 aromatic rings. The Kier molecular flexibility index (Phi) is 3.60. The van der Waals surface area contributed by atoms with Gasteiger partial charge in [0.25, 0.3) is 0 Å². The molecule has 0 spiro atoms. The molecule has 1 aromatic carbocycles. The van der Waals surface area contributed by atoms with Crippen molar-refractivity contribution in [2.75, 3.05) is 4.90 Å². The van der Waals surface area contributed by atoms with Gasteiger partial charge in [0, 0.05) is 25.1 Å². The number of para-hydroxylation sites is 1. The normalized spacial score (nSPS) is 27.7. The number of nitrogens with zero attached hydrogens (tertiary/aromatic N) is 2. The minimum atomic E-state index is -0.0954. The van der Waals surface area contributed by atoms with Gasteiger partial charge in [-0.25, -0.2) is 0 Å². The number of hydrogen-bond donors (Lipinski definition) is 0. The van der Waals surface area contributed by atoms with Gasteiger partial charge in [-0.2, -0.15) is 4.99 Å². The monoisotopic (exact) mass is 270 g/mol. The van der Waals surface area contributed by atoms with Crippen LogP contribution in [0.3, 0.4) is 0 Å². The number of carbonyl (C=O) groups excluding carboxylic acids is 1. The second-order valence-corrected chi connectivity index (χ2v) is 6.14. The van der Waals surface area contributed by atoms with E-state index in [1.54, 1.807) is 0 Å². The summed E-state index contributed by atoms with van der Waals surface area (Å²) >= 11 is 0. The van der Waals surface area contributed by atoms with E-state index < -0.39 is 0 Å². The van der Waals surface area contributed by atoms with E-state index in [9.17, 15) is 4.79 Å². The van der Waals surface area contributed by atoms with E-state index in [1.807, 2.05) is 0 Å². The van der Waals surface area contributed by atoms with E-state index in [-0.39, 0.29) is 5.91 Å². The third kappa shape index (κ3) is 2.49. The molecule has 0 bridgehead atoms. The Labute approximate surface area is 120 Å². The zero-order valence-corrected chi connectivity index (χ0v) is 12.3. The van der Waals surface area contributed by atoms with Gasteiger partial charge < -0.3 is 4.90 Å². The molecule has 0 saturated heterocycles. The van der Waals surface area contributed by atoms with Crippen molar-refractivity contribution in [3.05, 3.63) is 29.8 Å². The van der Waals surface area contributed by atoms with Crippen LogP contribution in [0.15, 0.2) is 29.3 Å². The van der Waals surface area contributed by atoms with Crippen molar-refractivity contribution >= 4 is 17.4 Å². The lowest BCUT2D eigenvalue weighted by Crippen LogP contribution is -2.40. The topological polar surface area (TPSA) is 32.7 Å². The summed E-state index contributed by atoms with van der Waals surface area (Å²) in [6.07, 6.45) is 5.74. The maximum atomic E-state index is 11.4. The van der Waals surface area contributed by atoms with E-state index in [1.165, 1.54) is 43.9 Å². The molecule has 3 rings (SSSR count). The average Bonchev–Trinajstić information content (AvgIpc) is 2.77. The van der Waals surface area contributed by atoms with Crippen molar-refractivity contribution in [2.24, 2.45) is 10.9 Å². The quantitative estimate of drug-likeness (QED) is 0.781. The molecule has 1 fully saturated rings. The highest BCUT2D eigenvalue weighted by Gasteiger charge is 2.33. The Balaban J connectivity index is 1.93. The number of amides is 1. The smallest absolute Gasteiger partial charge is 0.244 e. The van der Waals surface area contributed by atoms with Gasteiger partial charge in [-0.3, -0.25) is 4.79 Å². The second-order valence-electron chi connectivity index (χ2n) is 6.14. The van der Waals surface area contributed by atoms with E-state index in [4.69, 9.17) is 0 Å². The summed E-state index contributed by atoms with van der Waals surface area (Å²) < 4.78 is 0. The van der Waals surface area contributed by atoms with Crippen LogP contribution in [0.2, 0.25) is 0 Å². The molecular weight excluding hydrogens is 248 g/mol. The molecule has 20 heavy (non-hydrogen) atoms. The molecule has 3 nitrogen and oxygen atoms in total. The summed E-state index contributed by atoms with van der Waals surface area (Å²) in [5.74, 6) is 1.68. The van der Waals surface area contributed by atoms with Crippen LogP contribution in [0, 0.1) is 5.92 Å². The first-order chi connectivity index (χ1) is 9.65. The molecular formula is C17H22N2O. The van der Waals surface area contributed by atoms with E-state index in [2.05, 4.69) is 41.1 Å². The Morgan fingerprint density at radius 1 is 1.20 bits per heavy atom. The molecule has 1 aliphatic heterocycles. The third-order valence-corrected chi connectivity index (χ3v) is 4.51. The van der Waals surface area contributed by atoms with Gasteiger partial charge in [-0.05, 0) is 43.2 Å². The highest BCUT2D eigenvalue weighted by atomic mass is 16.1. The predicted octanol–water partition coefficient (Wildman–Crippen LogP) is 3.57. The minimum Gasteiger partial charge on any atom is -0.326 e. The Morgan fingerprint density at radius 3 is 2.60 bits per heavy atom. The van der Waals surface area contributed by atoms with Crippen LogP contribution in [0.5, 0.6) is 0 Å². The van der Waals surface area contributed by atoms with Crippen LogP contribution >= 0.6 is 0 Å². The van der Waals surface area contributed by atoms with Crippen molar-refractivity contribution in [1.29, 1.82) is 0 Å². The first kappa shape index (κ1) is 13.3. The number of fused-ring (bicyclic) bond motifs is 1. The van der Waals surface area contributed by atoms with E-state index >= 15 is 0 Å². The van der Waals surface area contributed by atoms with Crippen molar-refractivity contribution in [3.8, 4) is 0 Å². The van der Waals surface area contributed by atoms with Crippen LogP contribution in [-0.2, 0) is 11.2 Å². The highest BCUT2D eigenvalue weighted by molar-refractivity contribution is 6.09. The molecule has 0 N–H and O–H groups in total. The number of hydrogen-bond acceptors (Lipinski definition) is 1. The van der Waals surface area contributed by atoms with Gasteiger partial charge >= 0.3 is 0 Å². The summed E-state index contributed by atoms with van der Waals surface area (Å²) in [5.41, 5.74) is 2.55. The van der Waals surface area contributed by atoms with Gasteiger partial charge in [-0.1, -0.05) is 25.1 Å². The van der Waals surface area contributed by atoms with Crippen LogP contribution in [-0.4, -0.2) is 17.8 Å². The maximum Gasteiger partial charge on any atom is 0.244 e. The van der Waals surface area contributed by atoms with Crippen molar-refractivity contribution in [1.82, 2.24) is 0 Å². The lowest BCUT2D eigenvalue weighted by Gasteiger charge is -2.35. The first-order valence-corrected chi connectivity index (χ1v) is 7.60. The molecule has 0 aromatic heterocycles. The summed E-state index contributed by atoms with van der Waals surface area (Å²) in [4.78, 5) is 18.0. The zero-order chi connectivity index (χ0) is 14.1. The van der Waals surface area contributed by atoms with Gasteiger partial charge in [0.2, 0.25) is 5.91 Å². The Morgan fingerprint density at radius 2 is 1.90 bits per heavy atom. The molecule has 0 atom stereocenters. The molecule has 1 saturated carbocycles. The van der Waals surface area contributed by atoms with E-state index in [0.29, 0.717) is 6.04 Å². The Bertz CT molecular complexity index is 542. The fourth-order valence-electron chi connectivity index (χ4n) is 3.47. The summed E-state index contributed by atoms with van der Waals surface area (Å²) in [6, 6.07) is 8.96. The lowest BCUT2D eigenvalue weighted by atomic mass is 9.86. The SMILES string of the molecule is CC(=O)N=C1Cc2ccccc2N1C1CCC(C)CC1. The van der Waals surface area contributed by atoms with E-state index in [0.717, 1.165) is 18.2 Å². The number of aliphatic imine (C=N–C) groups is 1. The van der Waals surface area contributed by atoms with Crippen LogP contribution < -0.4 is 4.90 Å². The maximum absolute atomic E-state index is 11.4. The standard InChI is InChI=1S/C17H22N2O/c1-12-7-9-15(10-8-12)19-16-6-4-3-5-14(16)11-17(19)18-13(2)20/h3-6,12,15H,7-11H2,1-2H3. The first-order valence-electron chi connectivity index (χ1n) is 7.60. The average molecular weight is 270 g/mol. The van der Waals surface area contributed by atoms with Crippen molar-refractivity contribution in [2.45, 2.75) is 52.0 Å². The second kappa shape index (κ2) is 5.39. The molecule has 1 amide bonds. The number of benzene rings is 1. The molecule has 1 aliphatic carbocycles. The molecule has 0 unspecified atom stereocenters. The number of anilines is 1. The number of amidine groups is 1. The fourth-order valence-corrected chi connectivity index (χ4v) is 3.47. The number of rotatable bonds is 1. The van der Waals surface area contributed by atoms with Gasteiger partial charge in [0.05, 0.1) is 0 Å². The largest absolute Gasteiger partial charge is 0.326 e. The summed E-state index contributed by atoms with van der Waals surface area (Å²) in [6.45, 7) is 3.87. The van der Waals surface area contributed by atoms with Crippen molar-refractivity contribution < 1.29 is 4.79 Å². The number of carbonyl (C=O) groups is 1. The van der Waals surface area contributed by atoms with Crippen LogP contribution in [0.1, 0.15) is 45.1 Å². The van der Waals surface area contributed by atoms with Gasteiger partial charge in [-0.15, -0.1) is 0 Å². The van der Waals surface area contributed by atoms with Gasteiger partial charge in [0.15, 0.2) is 0 Å². The minimum absolute atomic E-state index is 0.0954. The molecule has 1 heterocycles. The fraction of sp³-hybridized carbons (Fsp3) is 0.529. The predicted molar refractivity (Wildman–Crippen MR) is 82.2 cm³/mol. The highest BCUT2D eigenvalue weighted by Crippen LogP contribution is 2.36. The molecule has 106 valence electrons. The third-order valence-electron chi connectivity index (χ3n) is 4.51. The van der Waals surface area contributed by atoms with Crippen LogP contribution in [0.25, 0.3) is 0 Å². The molecule has 2 aliphatic rings. The summed E-state index contributed by atoms with van der Waals surface area (Å²) in [5, 5.41) is 0. The molecule has 3 heteroatoms. The van der Waals surface area contributed by atoms with Crippen molar-refractivity contribution in [3.63, 3.8) is 0 Å². The van der Waals surface area contributed by atoms with Crippen LogP contribution in [0.4, 0.5) is 5.69 Å².